The van der Waals surface area contributed by atoms with Crippen molar-refractivity contribution in [2.75, 3.05) is 32.0 Å². The molecule has 9 nitrogen and oxygen atoms in total. The van der Waals surface area contributed by atoms with Crippen molar-refractivity contribution in [2.24, 2.45) is 11.7 Å². The largest absolute Gasteiger partial charge is 0.365 e. The second-order valence-corrected chi connectivity index (χ2v) is 7.95. The molecule has 5 rings (SSSR count). The highest BCUT2D eigenvalue weighted by Crippen LogP contribution is 2.29. The Kier molecular flexibility index (Phi) is 4.59. The summed E-state index contributed by atoms with van der Waals surface area (Å²) < 4.78 is 1.64. The predicted molar refractivity (Wildman–Crippen MR) is 115 cm³/mol. The van der Waals surface area contributed by atoms with E-state index in [4.69, 9.17) is 5.73 Å². The van der Waals surface area contributed by atoms with Crippen LogP contribution in [0.2, 0.25) is 0 Å². The second-order valence-electron chi connectivity index (χ2n) is 7.95. The number of H-pyrrole nitrogens is 1. The average molecular weight is 404 g/mol. The maximum absolute atomic E-state index is 11.6. The molecule has 4 aromatic heterocycles. The number of primary amides is 1. The summed E-state index contributed by atoms with van der Waals surface area (Å²) in [5.41, 5.74) is 9.20. The van der Waals surface area contributed by atoms with Crippen LogP contribution in [0.1, 0.15) is 23.2 Å². The average Bonchev–Trinajstić information content (AvgIpc) is 3.36. The van der Waals surface area contributed by atoms with Gasteiger partial charge in [-0.25, -0.2) is 9.50 Å². The molecule has 5 heterocycles. The molecule has 1 amide bonds. The molecule has 0 unspecified atom stereocenters. The molecule has 0 radical (unpaired) electrons. The van der Waals surface area contributed by atoms with Crippen LogP contribution >= 0.6 is 0 Å². The molecule has 0 spiro atoms. The first-order valence-electron chi connectivity index (χ1n) is 10.1. The highest BCUT2D eigenvalue weighted by Gasteiger charge is 2.17. The van der Waals surface area contributed by atoms with Crippen LogP contribution in [0.3, 0.4) is 0 Å². The van der Waals surface area contributed by atoms with Crippen LogP contribution in [0.5, 0.6) is 0 Å². The molecule has 4 aromatic rings. The van der Waals surface area contributed by atoms with E-state index >= 15 is 0 Å². The molecule has 9 heteroatoms. The summed E-state index contributed by atoms with van der Waals surface area (Å²) in [5.74, 6) is 0.795. The zero-order valence-electron chi connectivity index (χ0n) is 16.8. The van der Waals surface area contributed by atoms with Gasteiger partial charge in [-0.1, -0.05) is 0 Å². The molecule has 1 fully saturated rings. The summed E-state index contributed by atoms with van der Waals surface area (Å²) in [5, 5.41) is 8.48. The van der Waals surface area contributed by atoms with Crippen molar-refractivity contribution >= 4 is 28.4 Å². The van der Waals surface area contributed by atoms with Gasteiger partial charge in [-0.05, 0) is 56.6 Å². The Morgan fingerprint density at radius 1 is 1.33 bits per heavy atom. The first kappa shape index (κ1) is 18.6. The van der Waals surface area contributed by atoms with Gasteiger partial charge in [-0.2, -0.15) is 10.1 Å². The van der Waals surface area contributed by atoms with E-state index in [-0.39, 0.29) is 0 Å². The second kappa shape index (κ2) is 7.42. The Morgan fingerprint density at radius 2 is 2.17 bits per heavy atom. The molecule has 1 aliphatic rings. The third-order valence-corrected chi connectivity index (χ3v) is 5.92. The van der Waals surface area contributed by atoms with Crippen molar-refractivity contribution in [1.82, 2.24) is 29.5 Å². The molecule has 0 atom stereocenters. The number of fused-ring (bicyclic) bond motifs is 2. The van der Waals surface area contributed by atoms with Crippen molar-refractivity contribution in [2.45, 2.75) is 12.8 Å². The summed E-state index contributed by atoms with van der Waals surface area (Å²) in [6.07, 6.45) is 9.44. The Hall–Kier alpha value is -3.46. The van der Waals surface area contributed by atoms with Gasteiger partial charge in [0.1, 0.15) is 5.65 Å². The topological polar surface area (TPSA) is 117 Å². The number of carbonyl (C=O) groups excluding carboxylic acids is 1. The highest BCUT2D eigenvalue weighted by molar-refractivity contribution is 6.01. The van der Waals surface area contributed by atoms with Gasteiger partial charge < -0.3 is 20.9 Å². The lowest BCUT2D eigenvalue weighted by atomic mass is 9.97. The van der Waals surface area contributed by atoms with Gasteiger partial charge in [0.05, 0.1) is 17.3 Å². The summed E-state index contributed by atoms with van der Waals surface area (Å²) in [6.45, 7) is 3.18. The smallest absolute Gasteiger partial charge is 0.252 e. The standard InChI is InChI=1S/C21H24N8O/c1-28-5-2-13(3-6-28)9-24-21-25-11-16-15(10-23-20(16)27-21)14-4-7-29-18(8-14)17(12-26-29)19(22)30/h4,7-8,10-13H,2-3,5-6,9H2,1H3,(H2,22,30)(H2,23,24,25,27). The van der Waals surface area contributed by atoms with E-state index in [0.29, 0.717) is 22.9 Å². The van der Waals surface area contributed by atoms with Gasteiger partial charge in [-0.3, -0.25) is 4.79 Å². The van der Waals surface area contributed by atoms with Crippen LogP contribution in [0.25, 0.3) is 27.7 Å². The number of carbonyl (C=O) groups is 1. The molecule has 0 saturated carbocycles. The molecule has 1 aliphatic heterocycles. The van der Waals surface area contributed by atoms with Crippen molar-refractivity contribution < 1.29 is 4.79 Å². The Balaban J connectivity index is 1.39. The predicted octanol–water partition coefficient (Wildman–Crippen LogP) is 2.13. The van der Waals surface area contributed by atoms with Crippen LogP contribution in [0.4, 0.5) is 5.95 Å². The first-order valence-corrected chi connectivity index (χ1v) is 10.1. The molecular weight excluding hydrogens is 380 g/mol. The van der Waals surface area contributed by atoms with Gasteiger partial charge in [-0.15, -0.1) is 0 Å². The quantitative estimate of drug-likeness (QED) is 0.469. The number of amides is 1. The Labute approximate surface area is 173 Å². The fraction of sp³-hybridized carbons (Fsp3) is 0.333. The third kappa shape index (κ3) is 3.37. The summed E-state index contributed by atoms with van der Waals surface area (Å²) in [7, 11) is 2.17. The molecule has 154 valence electrons. The van der Waals surface area contributed by atoms with Crippen LogP contribution < -0.4 is 11.1 Å². The van der Waals surface area contributed by atoms with Crippen molar-refractivity contribution in [3.05, 3.63) is 42.5 Å². The molecular formula is C21H24N8O. The first-order chi connectivity index (χ1) is 14.6. The fourth-order valence-corrected chi connectivity index (χ4v) is 4.07. The maximum atomic E-state index is 11.6. The molecule has 0 bridgehead atoms. The van der Waals surface area contributed by atoms with Gasteiger partial charge in [0.25, 0.3) is 5.91 Å². The third-order valence-electron chi connectivity index (χ3n) is 5.92. The fourth-order valence-electron chi connectivity index (χ4n) is 4.07. The number of piperidine rings is 1. The number of nitrogens with zero attached hydrogens (tertiary/aromatic N) is 5. The van der Waals surface area contributed by atoms with E-state index in [9.17, 15) is 4.79 Å². The monoisotopic (exact) mass is 404 g/mol. The van der Waals surface area contributed by atoms with Gasteiger partial charge in [0.2, 0.25) is 5.95 Å². The van der Waals surface area contributed by atoms with Crippen molar-refractivity contribution in [3.63, 3.8) is 0 Å². The van der Waals surface area contributed by atoms with E-state index < -0.39 is 5.91 Å². The van der Waals surface area contributed by atoms with E-state index in [1.807, 2.05) is 30.7 Å². The van der Waals surface area contributed by atoms with Gasteiger partial charge in [0.15, 0.2) is 0 Å². The van der Waals surface area contributed by atoms with Crippen molar-refractivity contribution in [1.29, 1.82) is 0 Å². The van der Waals surface area contributed by atoms with Crippen LogP contribution in [-0.2, 0) is 0 Å². The van der Waals surface area contributed by atoms with E-state index in [1.165, 1.54) is 19.0 Å². The number of hydrogen-bond donors (Lipinski definition) is 3. The lowest BCUT2D eigenvalue weighted by Crippen LogP contribution is -2.33. The maximum Gasteiger partial charge on any atom is 0.252 e. The van der Waals surface area contributed by atoms with E-state index in [0.717, 1.165) is 41.8 Å². The number of nitrogens with one attached hydrogen (secondary N) is 2. The van der Waals surface area contributed by atoms with E-state index in [2.05, 4.69) is 37.3 Å². The molecule has 30 heavy (non-hydrogen) atoms. The minimum Gasteiger partial charge on any atom is -0.365 e. The zero-order chi connectivity index (χ0) is 20.7. The molecule has 4 N–H and O–H groups in total. The number of nitrogens with two attached hydrogens (primary N) is 1. The van der Waals surface area contributed by atoms with Gasteiger partial charge in [0, 0.05) is 36.1 Å². The number of rotatable bonds is 5. The van der Waals surface area contributed by atoms with Crippen LogP contribution in [0.15, 0.2) is 36.9 Å². The number of likely N-dealkylation sites (tertiary alicyclic amines) is 1. The van der Waals surface area contributed by atoms with Crippen LogP contribution in [0, 0.1) is 5.92 Å². The number of aromatic amines is 1. The number of hydrogen-bond acceptors (Lipinski definition) is 6. The zero-order valence-corrected chi connectivity index (χ0v) is 16.8. The van der Waals surface area contributed by atoms with Gasteiger partial charge >= 0.3 is 0 Å². The Morgan fingerprint density at radius 3 is 2.97 bits per heavy atom. The molecule has 0 aliphatic carbocycles. The Bertz CT molecular complexity index is 1220. The van der Waals surface area contributed by atoms with E-state index in [1.54, 1.807) is 4.52 Å². The lowest BCUT2D eigenvalue weighted by Gasteiger charge is -2.28. The summed E-state index contributed by atoms with van der Waals surface area (Å²) in [6, 6.07) is 3.85. The van der Waals surface area contributed by atoms with Crippen molar-refractivity contribution in [3.8, 4) is 11.1 Å². The molecule has 1 saturated heterocycles. The minimum atomic E-state index is -0.496. The minimum absolute atomic E-state index is 0.397. The number of pyridine rings is 1. The SMILES string of the molecule is CN1CCC(CNc2ncc3c(-c4ccn5ncc(C(N)=O)c5c4)c[nH]c3n2)CC1. The molecule has 0 aromatic carbocycles. The lowest BCUT2D eigenvalue weighted by molar-refractivity contribution is 0.100. The number of anilines is 1. The van der Waals surface area contributed by atoms with Crippen LogP contribution in [-0.4, -0.2) is 62.1 Å². The summed E-state index contributed by atoms with van der Waals surface area (Å²) >= 11 is 0. The number of aromatic nitrogens is 5. The highest BCUT2D eigenvalue weighted by atomic mass is 16.1. The normalized spacial score (nSPS) is 15.8. The summed E-state index contributed by atoms with van der Waals surface area (Å²) in [4.78, 5) is 26.4.